The molecule has 2 N–H and O–H groups in total. The first-order valence-corrected chi connectivity index (χ1v) is 17.8. The zero-order chi connectivity index (χ0) is 29.3. The zero-order valence-electron chi connectivity index (χ0n) is 26.1. The number of piperazine rings is 1. The highest BCUT2D eigenvalue weighted by Crippen LogP contribution is 2.55. The van der Waals surface area contributed by atoms with E-state index in [-0.39, 0.29) is 72.2 Å². The molecule has 2 bridgehead atoms. The maximum atomic E-state index is 14.5. The Bertz CT molecular complexity index is 1030. The Balaban J connectivity index is 1.27. The molecule has 10 heteroatoms. The van der Waals surface area contributed by atoms with Gasteiger partial charge in [0.15, 0.2) is 0 Å². The number of piperidine rings is 1. The lowest BCUT2D eigenvalue weighted by Crippen LogP contribution is -2.78. The van der Waals surface area contributed by atoms with Crippen LogP contribution in [0.5, 0.6) is 0 Å². The van der Waals surface area contributed by atoms with Gasteiger partial charge in [-0.25, -0.2) is 4.79 Å². The molecule has 0 spiro atoms. The van der Waals surface area contributed by atoms with Gasteiger partial charge in [0, 0.05) is 55.8 Å². The first-order valence-electron chi connectivity index (χ1n) is 17.2. The number of ether oxygens (including phenoxy) is 2. The van der Waals surface area contributed by atoms with E-state index in [2.05, 4.69) is 57.4 Å². The van der Waals surface area contributed by atoms with Crippen molar-refractivity contribution in [3.05, 3.63) is 0 Å². The topological polar surface area (TPSA) is 86.4 Å². The van der Waals surface area contributed by atoms with Crippen LogP contribution in [0.2, 0.25) is 0 Å². The van der Waals surface area contributed by atoms with E-state index in [0.29, 0.717) is 30.1 Å². The second-order valence-electron chi connectivity index (χ2n) is 14.9. The number of hydrogen-bond acceptors (Lipinski definition) is 6. The van der Waals surface area contributed by atoms with E-state index in [9.17, 15) is 9.59 Å². The van der Waals surface area contributed by atoms with Gasteiger partial charge in [0.05, 0.1) is 37.1 Å². The van der Waals surface area contributed by atoms with Crippen LogP contribution in [0.3, 0.4) is 0 Å². The summed E-state index contributed by atoms with van der Waals surface area (Å²) in [4.78, 5) is 34.1. The minimum atomic E-state index is -0.0566. The molecule has 7 aliphatic rings. The molecule has 5 saturated heterocycles. The summed E-state index contributed by atoms with van der Waals surface area (Å²) in [5, 5.41) is 7.40. The number of fused-ring (bicyclic) bond motifs is 2. The van der Waals surface area contributed by atoms with Crippen LogP contribution >= 0.6 is 9.24 Å². The van der Waals surface area contributed by atoms with E-state index < -0.39 is 0 Å². The lowest BCUT2D eigenvalue weighted by Gasteiger charge is -2.62. The van der Waals surface area contributed by atoms with E-state index in [4.69, 9.17) is 9.47 Å². The van der Waals surface area contributed by atoms with Gasteiger partial charge in [-0.15, -0.1) is 9.24 Å². The van der Waals surface area contributed by atoms with Crippen molar-refractivity contribution >= 4 is 21.2 Å². The third kappa shape index (κ3) is 4.83. The maximum Gasteiger partial charge on any atom is 0.319 e. The molecule has 0 aromatic rings. The van der Waals surface area contributed by atoms with Crippen LogP contribution in [0.25, 0.3) is 0 Å². The highest BCUT2D eigenvalue weighted by Gasteiger charge is 2.62. The summed E-state index contributed by atoms with van der Waals surface area (Å²) in [6.07, 6.45) is 7.42. The maximum absolute atomic E-state index is 14.5. The minimum Gasteiger partial charge on any atom is -0.378 e. The quantitative estimate of drug-likeness (QED) is 0.481. The van der Waals surface area contributed by atoms with Crippen molar-refractivity contribution in [1.82, 2.24) is 25.3 Å². The van der Waals surface area contributed by atoms with Crippen LogP contribution in [0.4, 0.5) is 4.79 Å². The van der Waals surface area contributed by atoms with Gasteiger partial charge >= 0.3 is 6.03 Å². The molecular formula is C32H54N5O4P. The van der Waals surface area contributed by atoms with Crippen molar-refractivity contribution < 1.29 is 19.1 Å². The summed E-state index contributed by atoms with van der Waals surface area (Å²) < 4.78 is 14.0. The normalized spacial score (nSPS) is 47.2. The lowest BCUT2D eigenvalue weighted by atomic mass is 9.60. The minimum absolute atomic E-state index is 0.00850. The standard InChI is InChI=1S/C32H54N5O4P/c1-5-7-24(38)35-12-13-36(18(4)15-35)31-20-14-23-26-25-19(16-40-23)8-6-9-21(25)41-22-10-11-33-27(17(2)3)29(22)37(32(39)34-31)28(20)30(26)42/h17-23,25-31,33H,5-16,42H2,1-4H3,(H,34,39)/t18-,19?,20?,21?,22?,23?,25?,26?,27?,28?,29?,30?,31?/m0/s1. The molecule has 5 heterocycles. The van der Waals surface area contributed by atoms with Crippen LogP contribution in [0.15, 0.2) is 0 Å². The van der Waals surface area contributed by atoms with Crippen molar-refractivity contribution in [3.8, 4) is 0 Å². The second-order valence-corrected chi connectivity index (χ2v) is 15.6. The molecule has 0 radical (unpaired) electrons. The first-order chi connectivity index (χ1) is 20.3. The average molecular weight is 604 g/mol. The number of nitrogens with zero attached hydrogens (tertiary/aromatic N) is 3. The number of carbonyl (C=O) groups is 2. The Kier molecular flexibility index (Phi) is 8.30. The third-order valence-electron chi connectivity index (χ3n) is 12.2. The first kappa shape index (κ1) is 29.7. The molecule has 5 aliphatic heterocycles. The second kappa shape index (κ2) is 11.7. The van der Waals surface area contributed by atoms with Gasteiger partial charge in [0.1, 0.15) is 0 Å². The summed E-state index contributed by atoms with van der Waals surface area (Å²) in [6, 6.07) is 0.569. The summed E-state index contributed by atoms with van der Waals surface area (Å²) in [5.74, 6) is 2.35. The fraction of sp³-hybridized carbons (Fsp3) is 0.938. The number of nitrogens with one attached hydrogen (secondary N) is 2. The Hall–Kier alpha value is -0.990. The summed E-state index contributed by atoms with van der Waals surface area (Å²) in [5.41, 5.74) is 0.260. The highest BCUT2D eigenvalue weighted by molar-refractivity contribution is 7.17. The van der Waals surface area contributed by atoms with Gasteiger partial charge in [-0.1, -0.05) is 27.2 Å². The van der Waals surface area contributed by atoms with Crippen molar-refractivity contribution in [2.24, 2.45) is 29.6 Å². The molecule has 2 saturated carbocycles. The van der Waals surface area contributed by atoms with Crippen LogP contribution in [0, 0.1) is 29.6 Å². The smallest absolute Gasteiger partial charge is 0.319 e. The molecule has 236 valence electrons. The molecule has 0 aromatic carbocycles. The molecule has 14 atom stereocenters. The molecule has 2 aliphatic carbocycles. The van der Waals surface area contributed by atoms with Crippen molar-refractivity contribution in [3.63, 3.8) is 0 Å². The van der Waals surface area contributed by atoms with Gasteiger partial charge in [-0.05, 0) is 69.2 Å². The number of hydrogen-bond donors (Lipinski definition) is 2. The van der Waals surface area contributed by atoms with E-state index in [1.807, 2.05) is 4.90 Å². The van der Waals surface area contributed by atoms with Crippen molar-refractivity contribution in [2.75, 3.05) is 32.8 Å². The largest absolute Gasteiger partial charge is 0.378 e. The Labute approximate surface area is 254 Å². The SMILES string of the molecule is CCCC(=O)N1CCN(C2NC(=O)N3C4C(P)C5C(CC42)OCC2CCCC(OC4CCNC(C(C)C)C43)C25)[C@@H](C)C1. The Morgan fingerprint density at radius 2 is 1.93 bits per heavy atom. The van der Waals surface area contributed by atoms with Crippen molar-refractivity contribution in [1.29, 1.82) is 0 Å². The van der Waals surface area contributed by atoms with Crippen LogP contribution in [-0.4, -0.2) is 114 Å². The molecule has 3 amide bonds. The third-order valence-corrected chi connectivity index (χ3v) is 13.1. The highest BCUT2D eigenvalue weighted by atomic mass is 31.0. The molecule has 9 nitrogen and oxygen atoms in total. The lowest BCUT2D eigenvalue weighted by molar-refractivity contribution is -0.182. The number of rotatable bonds is 4. The van der Waals surface area contributed by atoms with Gasteiger partial charge < -0.3 is 29.9 Å². The predicted molar refractivity (Wildman–Crippen MR) is 165 cm³/mol. The molecule has 42 heavy (non-hydrogen) atoms. The zero-order valence-corrected chi connectivity index (χ0v) is 27.3. The molecule has 13 unspecified atom stereocenters. The average Bonchev–Trinajstić information content (AvgIpc) is 3.00. The fourth-order valence-electron chi connectivity index (χ4n) is 10.5. The van der Waals surface area contributed by atoms with Gasteiger partial charge in [-0.3, -0.25) is 9.69 Å². The van der Waals surface area contributed by atoms with Crippen LogP contribution in [0.1, 0.15) is 72.6 Å². The Morgan fingerprint density at radius 1 is 1.10 bits per heavy atom. The van der Waals surface area contributed by atoms with E-state index in [1.54, 1.807) is 0 Å². The monoisotopic (exact) mass is 603 g/mol. The van der Waals surface area contributed by atoms with E-state index in [1.165, 1.54) is 12.8 Å². The van der Waals surface area contributed by atoms with Gasteiger partial charge in [-0.2, -0.15) is 0 Å². The number of urea groups is 1. The molecule has 7 rings (SSSR count). The fourth-order valence-corrected chi connectivity index (χ4v) is 11.5. The van der Waals surface area contributed by atoms with E-state index in [0.717, 1.165) is 58.5 Å². The molecule has 0 aromatic heterocycles. The summed E-state index contributed by atoms with van der Waals surface area (Å²) in [6.45, 7) is 12.9. The van der Waals surface area contributed by atoms with Crippen LogP contribution in [-0.2, 0) is 14.3 Å². The summed E-state index contributed by atoms with van der Waals surface area (Å²) >= 11 is 0. The van der Waals surface area contributed by atoms with Gasteiger partial charge in [0.25, 0.3) is 0 Å². The summed E-state index contributed by atoms with van der Waals surface area (Å²) in [7, 11) is 3.28. The predicted octanol–water partition coefficient (Wildman–Crippen LogP) is 2.89. The van der Waals surface area contributed by atoms with E-state index >= 15 is 0 Å². The van der Waals surface area contributed by atoms with Gasteiger partial charge in [0.2, 0.25) is 5.91 Å². The molecular weight excluding hydrogens is 549 g/mol. The number of amides is 3. The number of carbonyl (C=O) groups excluding carboxylic acids is 2. The van der Waals surface area contributed by atoms with Crippen LogP contribution < -0.4 is 10.6 Å². The molecule has 7 fully saturated rings. The van der Waals surface area contributed by atoms with Crippen molar-refractivity contribution in [2.45, 2.75) is 127 Å². The Morgan fingerprint density at radius 3 is 2.69 bits per heavy atom.